The molecular weight excluding hydrogens is 402 g/mol. The van der Waals surface area contributed by atoms with Crippen molar-refractivity contribution in [2.24, 2.45) is 0 Å². The van der Waals surface area contributed by atoms with Crippen molar-refractivity contribution < 1.29 is 8.85 Å². The average molecular weight is 450 g/mol. The van der Waals surface area contributed by atoms with Crippen molar-refractivity contribution in [1.29, 1.82) is 0 Å². The molecule has 1 rings (SSSR count). The standard InChI is InChI=1S/C25H47NO2Si2/c1-12-16-23(28-30(10,11)25(5,6)7)22(20-27-29(8,9)24(2,3)4)26-19-21-17-14-13-15-18-21/h12-15,17-18,22-23,26H,1,16,19-20H2,2-11H3/t22-,23+/m0/s1. The molecule has 30 heavy (non-hydrogen) atoms. The van der Waals surface area contributed by atoms with E-state index in [0.29, 0.717) is 6.61 Å². The molecule has 0 saturated heterocycles. The molecule has 3 nitrogen and oxygen atoms in total. The van der Waals surface area contributed by atoms with Crippen LogP contribution in [0.1, 0.15) is 53.5 Å². The lowest BCUT2D eigenvalue weighted by molar-refractivity contribution is 0.101. The van der Waals surface area contributed by atoms with Crippen LogP contribution in [0.25, 0.3) is 0 Å². The second-order valence-corrected chi connectivity index (χ2v) is 21.1. The Balaban J connectivity index is 3.08. The quantitative estimate of drug-likeness (QED) is 0.288. The maximum absolute atomic E-state index is 6.88. The molecule has 0 fully saturated rings. The lowest BCUT2D eigenvalue weighted by Crippen LogP contribution is -2.53. The molecule has 0 saturated carbocycles. The molecule has 0 bridgehead atoms. The molecule has 5 heteroatoms. The van der Waals surface area contributed by atoms with Crippen molar-refractivity contribution in [2.45, 2.75) is 103 Å². The lowest BCUT2D eigenvalue weighted by atomic mass is 10.1. The maximum atomic E-state index is 6.88. The first kappa shape index (κ1) is 27.3. The Morgan fingerprint density at radius 3 is 1.93 bits per heavy atom. The van der Waals surface area contributed by atoms with Gasteiger partial charge in [-0.2, -0.15) is 0 Å². The molecule has 0 amide bonds. The molecule has 1 aromatic rings. The van der Waals surface area contributed by atoms with Gasteiger partial charge in [-0.05, 0) is 48.2 Å². The second kappa shape index (κ2) is 10.7. The van der Waals surface area contributed by atoms with Gasteiger partial charge in [-0.1, -0.05) is 78.0 Å². The molecular formula is C25H47NO2Si2. The van der Waals surface area contributed by atoms with E-state index in [9.17, 15) is 0 Å². The topological polar surface area (TPSA) is 30.5 Å². The van der Waals surface area contributed by atoms with Crippen LogP contribution >= 0.6 is 0 Å². The van der Waals surface area contributed by atoms with Gasteiger partial charge in [0, 0.05) is 6.54 Å². The summed E-state index contributed by atoms with van der Waals surface area (Å²) in [5, 5.41) is 4.11. The first-order valence-corrected chi connectivity index (χ1v) is 17.1. The summed E-state index contributed by atoms with van der Waals surface area (Å²) in [6, 6.07) is 10.7. The van der Waals surface area contributed by atoms with Crippen LogP contribution in [0.3, 0.4) is 0 Å². The first-order chi connectivity index (χ1) is 13.6. The number of nitrogens with one attached hydrogen (secondary N) is 1. The van der Waals surface area contributed by atoms with Gasteiger partial charge < -0.3 is 14.2 Å². The summed E-state index contributed by atoms with van der Waals surface area (Å²) in [7, 11) is -3.77. The third-order valence-electron chi connectivity index (χ3n) is 6.94. The van der Waals surface area contributed by atoms with E-state index in [1.54, 1.807) is 0 Å². The minimum atomic E-state index is -1.92. The van der Waals surface area contributed by atoms with Crippen LogP contribution in [0.2, 0.25) is 36.3 Å². The Kier molecular flexibility index (Phi) is 9.77. The molecule has 2 atom stereocenters. The molecule has 0 heterocycles. The predicted octanol–water partition coefficient (Wildman–Crippen LogP) is 7.13. The zero-order valence-electron chi connectivity index (χ0n) is 21.3. The Morgan fingerprint density at radius 1 is 0.933 bits per heavy atom. The van der Waals surface area contributed by atoms with E-state index in [1.807, 2.05) is 6.08 Å². The maximum Gasteiger partial charge on any atom is 0.192 e. The number of benzene rings is 1. The zero-order chi connectivity index (χ0) is 23.2. The third kappa shape index (κ3) is 8.08. The fourth-order valence-corrected chi connectivity index (χ4v) is 5.07. The van der Waals surface area contributed by atoms with E-state index in [0.717, 1.165) is 13.0 Å². The van der Waals surface area contributed by atoms with Crippen molar-refractivity contribution in [3.8, 4) is 0 Å². The van der Waals surface area contributed by atoms with Crippen molar-refractivity contribution in [3.05, 3.63) is 48.6 Å². The SMILES string of the molecule is C=CC[C@@H](O[Si](C)(C)C(C)(C)C)[C@H](CO[Si](C)(C)C(C)(C)C)NCc1ccccc1. The summed E-state index contributed by atoms with van der Waals surface area (Å²) in [4.78, 5) is 0. The van der Waals surface area contributed by atoms with Crippen molar-refractivity contribution >= 4 is 16.6 Å². The molecule has 0 aromatic heterocycles. The van der Waals surface area contributed by atoms with Crippen LogP contribution in [0.5, 0.6) is 0 Å². The Morgan fingerprint density at radius 2 is 1.47 bits per heavy atom. The number of rotatable bonds is 11. The van der Waals surface area contributed by atoms with Crippen molar-refractivity contribution in [1.82, 2.24) is 5.32 Å². The second-order valence-electron chi connectivity index (χ2n) is 11.5. The van der Waals surface area contributed by atoms with Gasteiger partial charge in [-0.3, -0.25) is 0 Å². The third-order valence-corrected chi connectivity index (χ3v) is 15.9. The summed E-state index contributed by atoms with van der Waals surface area (Å²) in [6.45, 7) is 28.5. The van der Waals surface area contributed by atoms with E-state index in [-0.39, 0.29) is 22.2 Å². The first-order valence-electron chi connectivity index (χ1n) is 11.3. The molecule has 0 radical (unpaired) electrons. The average Bonchev–Trinajstić information content (AvgIpc) is 2.60. The van der Waals surface area contributed by atoms with Crippen LogP contribution in [-0.4, -0.2) is 35.4 Å². The van der Waals surface area contributed by atoms with Gasteiger partial charge in [0.2, 0.25) is 0 Å². The molecule has 0 aliphatic heterocycles. The van der Waals surface area contributed by atoms with Gasteiger partial charge in [0.25, 0.3) is 0 Å². The Hall–Kier alpha value is -0.726. The Bertz CT molecular complexity index is 645. The highest BCUT2D eigenvalue weighted by Gasteiger charge is 2.42. The monoisotopic (exact) mass is 449 g/mol. The van der Waals surface area contributed by atoms with Crippen LogP contribution in [-0.2, 0) is 15.4 Å². The summed E-state index contributed by atoms with van der Waals surface area (Å²) in [6.07, 6.45) is 2.86. The fourth-order valence-electron chi connectivity index (χ4n) is 2.67. The van der Waals surface area contributed by atoms with Crippen LogP contribution in [0, 0.1) is 0 Å². The Labute approximate surface area is 188 Å². The van der Waals surface area contributed by atoms with Gasteiger partial charge in [-0.15, -0.1) is 6.58 Å². The minimum Gasteiger partial charge on any atom is -0.415 e. The summed E-state index contributed by atoms with van der Waals surface area (Å²) >= 11 is 0. The lowest BCUT2D eigenvalue weighted by Gasteiger charge is -2.43. The highest BCUT2D eigenvalue weighted by molar-refractivity contribution is 6.74. The molecule has 0 unspecified atom stereocenters. The van der Waals surface area contributed by atoms with Gasteiger partial charge in [-0.25, -0.2) is 0 Å². The number of hydrogen-bond donors (Lipinski definition) is 1. The summed E-state index contributed by atoms with van der Waals surface area (Å²) in [5.41, 5.74) is 1.28. The van der Waals surface area contributed by atoms with Gasteiger partial charge in [0.1, 0.15) is 0 Å². The van der Waals surface area contributed by atoms with E-state index < -0.39 is 16.6 Å². The molecule has 0 aliphatic carbocycles. The fraction of sp³-hybridized carbons (Fsp3) is 0.680. The molecule has 0 spiro atoms. The number of hydrogen-bond acceptors (Lipinski definition) is 3. The van der Waals surface area contributed by atoms with Crippen molar-refractivity contribution in [2.75, 3.05) is 6.61 Å². The smallest absolute Gasteiger partial charge is 0.192 e. The highest BCUT2D eigenvalue weighted by Crippen LogP contribution is 2.39. The van der Waals surface area contributed by atoms with Crippen LogP contribution < -0.4 is 5.32 Å². The summed E-state index contributed by atoms with van der Waals surface area (Å²) < 4.78 is 13.5. The normalized spacial score (nSPS) is 15.7. The molecule has 1 aromatic carbocycles. The predicted molar refractivity (Wildman–Crippen MR) is 137 cm³/mol. The van der Waals surface area contributed by atoms with Gasteiger partial charge >= 0.3 is 0 Å². The van der Waals surface area contributed by atoms with E-state index >= 15 is 0 Å². The molecule has 1 N–H and O–H groups in total. The van der Waals surface area contributed by atoms with E-state index in [4.69, 9.17) is 8.85 Å². The van der Waals surface area contributed by atoms with Crippen molar-refractivity contribution in [3.63, 3.8) is 0 Å². The van der Waals surface area contributed by atoms with Gasteiger partial charge in [0.15, 0.2) is 16.6 Å². The highest BCUT2D eigenvalue weighted by atomic mass is 28.4. The van der Waals surface area contributed by atoms with Crippen LogP contribution in [0.4, 0.5) is 0 Å². The molecule has 172 valence electrons. The van der Waals surface area contributed by atoms with E-state index in [1.165, 1.54) is 5.56 Å². The van der Waals surface area contributed by atoms with E-state index in [2.05, 4.69) is 110 Å². The molecule has 0 aliphatic rings. The van der Waals surface area contributed by atoms with Crippen LogP contribution in [0.15, 0.2) is 43.0 Å². The zero-order valence-corrected chi connectivity index (χ0v) is 23.3. The largest absolute Gasteiger partial charge is 0.415 e. The minimum absolute atomic E-state index is 0.0527. The van der Waals surface area contributed by atoms with Gasteiger partial charge in [0.05, 0.1) is 18.8 Å². The summed E-state index contributed by atoms with van der Waals surface area (Å²) in [5.74, 6) is 0.